The Hall–Kier alpha value is -1.36. The van der Waals surface area contributed by atoms with Gasteiger partial charge >= 0.3 is 0 Å². The highest BCUT2D eigenvalue weighted by Gasteiger charge is 2.10. The molecule has 0 saturated carbocycles. The highest BCUT2D eigenvalue weighted by atomic mass is 35.5. The van der Waals surface area contributed by atoms with Crippen molar-refractivity contribution in [1.29, 1.82) is 0 Å². The molecule has 2 aromatic rings. The van der Waals surface area contributed by atoms with Crippen LogP contribution in [0.2, 0.25) is 0 Å². The van der Waals surface area contributed by atoms with Gasteiger partial charge in [-0.15, -0.1) is 16.7 Å². The van der Waals surface area contributed by atoms with E-state index >= 15 is 0 Å². The van der Waals surface area contributed by atoms with Gasteiger partial charge in [-0.25, -0.2) is 9.67 Å². The molecule has 0 fully saturated rings. The fraction of sp³-hybridized carbons (Fsp3) is 0.545. The molecule has 0 spiro atoms. The minimum Gasteiger partial charge on any atom is -0.333 e. The summed E-state index contributed by atoms with van der Waals surface area (Å²) in [7, 11) is 0. The number of imidazole rings is 1. The molecule has 0 saturated heterocycles. The van der Waals surface area contributed by atoms with Gasteiger partial charge in [0.05, 0.1) is 36.3 Å². The molecule has 0 aromatic carbocycles. The molecule has 0 aliphatic rings. The van der Waals surface area contributed by atoms with Crippen molar-refractivity contribution in [2.75, 3.05) is 0 Å². The van der Waals surface area contributed by atoms with E-state index in [2.05, 4.69) is 26.8 Å². The van der Waals surface area contributed by atoms with Gasteiger partial charge in [0.15, 0.2) is 0 Å². The Kier molecular flexibility index (Phi) is 3.78. The summed E-state index contributed by atoms with van der Waals surface area (Å²) in [6.45, 7) is 5.70. The Bertz CT molecular complexity index is 476. The van der Waals surface area contributed by atoms with Gasteiger partial charge in [0.25, 0.3) is 0 Å². The zero-order valence-corrected chi connectivity index (χ0v) is 10.8. The first-order valence-corrected chi connectivity index (χ1v) is 6.21. The van der Waals surface area contributed by atoms with Crippen LogP contribution in [0.25, 0.3) is 0 Å². The van der Waals surface area contributed by atoms with Crippen LogP contribution < -0.4 is 0 Å². The van der Waals surface area contributed by atoms with Crippen LogP contribution in [0, 0.1) is 0 Å². The highest BCUT2D eigenvalue weighted by molar-refractivity contribution is 6.20. The normalized spacial score (nSPS) is 12.9. The number of aryl methyl sites for hydroxylation is 1. The third-order valence-electron chi connectivity index (χ3n) is 2.70. The third-order valence-corrected chi connectivity index (χ3v) is 3.23. The zero-order valence-electron chi connectivity index (χ0n) is 10.0. The SMILES string of the molecule is CCC(Cl)c1cn(Cc2cncn2CC)nn1. The molecule has 1 atom stereocenters. The molecule has 0 aliphatic heterocycles. The Morgan fingerprint density at radius 1 is 1.41 bits per heavy atom. The molecule has 0 aliphatic carbocycles. The van der Waals surface area contributed by atoms with Crippen molar-refractivity contribution in [1.82, 2.24) is 24.5 Å². The van der Waals surface area contributed by atoms with Gasteiger partial charge in [0, 0.05) is 6.54 Å². The minimum absolute atomic E-state index is 0.0557. The number of aromatic nitrogens is 5. The van der Waals surface area contributed by atoms with Crippen LogP contribution >= 0.6 is 11.6 Å². The first-order chi connectivity index (χ1) is 8.24. The Balaban J connectivity index is 2.11. The monoisotopic (exact) mass is 253 g/mol. The molecule has 0 bridgehead atoms. The van der Waals surface area contributed by atoms with Gasteiger partial charge in [0.2, 0.25) is 0 Å². The summed E-state index contributed by atoms with van der Waals surface area (Å²) in [4.78, 5) is 4.12. The minimum atomic E-state index is -0.0557. The third kappa shape index (κ3) is 2.66. The van der Waals surface area contributed by atoms with Crippen molar-refractivity contribution in [2.45, 2.75) is 38.7 Å². The number of rotatable bonds is 5. The summed E-state index contributed by atoms with van der Waals surface area (Å²) in [5.74, 6) is 0. The van der Waals surface area contributed by atoms with Gasteiger partial charge < -0.3 is 4.57 Å². The van der Waals surface area contributed by atoms with E-state index in [4.69, 9.17) is 11.6 Å². The van der Waals surface area contributed by atoms with Crippen molar-refractivity contribution in [3.63, 3.8) is 0 Å². The van der Waals surface area contributed by atoms with Crippen LogP contribution in [0.4, 0.5) is 0 Å². The van der Waals surface area contributed by atoms with Crippen LogP contribution in [0.5, 0.6) is 0 Å². The van der Waals surface area contributed by atoms with Gasteiger partial charge in [-0.2, -0.15) is 0 Å². The van der Waals surface area contributed by atoms with Crippen LogP contribution in [-0.4, -0.2) is 24.5 Å². The van der Waals surface area contributed by atoms with E-state index in [1.165, 1.54) is 0 Å². The van der Waals surface area contributed by atoms with Gasteiger partial charge in [-0.3, -0.25) is 0 Å². The van der Waals surface area contributed by atoms with E-state index in [1.807, 2.05) is 25.6 Å². The summed E-state index contributed by atoms with van der Waals surface area (Å²) in [5, 5.41) is 8.10. The number of nitrogens with zero attached hydrogens (tertiary/aromatic N) is 5. The van der Waals surface area contributed by atoms with Gasteiger partial charge in [-0.1, -0.05) is 12.1 Å². The molecule has 0 radical (unpaired) electrons. The Labute approximate surface area is 105 Å². The van der Waals surface area contributed by atoms with Crippen LogP contribution in [0.1, 0.15) is 37.0 Å². The van der Waals surface area contributed by atoms with E-state index in [9.17, 15) is 0 Å². The maximum absolute atomic E-state index is 6.11. The maximum atomic E-state index is 6.11. The maximum Gasteiger partial charge on any atom is 0.101 e. The number of halogens is 1. The number of hydrogen-bond donors (Lipinski definition) is 0. The predicted molar refractivity (Wildman–Crippen MR) is 65.9 cm³/mol. The molecular weight excluding hydrogens is 238 g/mol. The summed E-state index contributed by atoms with van der Waals surface area (Å²) in [6.07, 6.45) is 6.42. The molecule has 2 aromatic heterocycles. The number of hydrogen-bond acceptors (Lipinski definition) is 3. The molecule has 0 N–H and O–H groups in total. The van der Waals surface area contributed by atoms with Gasteiger partial charge in [0.1, 0.15) is 5.69 Å². The molecule has 6 heteroatoms. The van der Waals surface area contributed by atoms with E-state index in [-0.39, 0.29) is 5.38 Å². The second-order valence-corrected chi connectivity index (χ2v) is 4.41. The lowest BCUT2D eigenvalue weighted by Crippen LogP contribution is -2.06. The smallest absolute Gasteiger partial charge is 0.101 e. The number of alkyl halides is 1. The van der Waals surface area contributed by atoms with E-state index in [0.29, 0.717) is 6.54 Å². The summed E-state index contributed by atoms with van der Waals surface area (Å²) in [5.41, 5.74) is 1.95. The topological polar surface area (TPSA) is 48.5 Å². The average Bonchev–Trinajstić information content (AvgIpc) is 2.97. The van der Waals surface area contributed by atoms with E-state index in [1.54, 1.807) is 4.68 Å². The second kappa shape index (κ2) is 5.31. The quantitative estimate of drug-likeness (QED) is 0.768. The molecule has 0 amide bonds. The van der Waals surface area contributed by atoms with Crippen LogP contribution in [0.15, 0.2) is 18.7 Å². The van der Waals surface area contributed by atoms with E-state index < -0.39 is 0 Å². The van der Waals surface area contributed by atoms with Crippen molar-refractivity contribution >= 4 is 11.6 Å². The fourth-order valence-corrected chi connectivity index (χ4v) is 1.77. The average molecular weight is 254 g/mol. The summed E-state index contributed by atoms with van der Waals surface area (Å²) >= 11 is 6.11. The molecular formula is C11H16ClN5. The van der Waals surface area contributed by atoms with Gasteiger partial charge in [-0.05, 0) is 13.3 Å². The predicted octanol–water partition coefficient (Wildman–Crippen LogP) is 2.23. The Morgan fingerprint density at radius 3 is 2.94 bits per heavy atom. The standard InChI is InChI=1S/C11H16ClN5/c1-3-10(12)11-7-17(15-14-11)6-9-5-13-8-16(9)4-2/h5,7-8,10H,3-4,6H2,1-2H3. The molecule has 2 rings (SSSR count). The largest absolute Gasteiger partial charge is 0.333 e. The second-order valence-electron chi connectivity index (χ2n) is 3.89. The van der Waals surface area contributed by atoms with Crippen molar-refractivity contribution < 1.29 is 0 Å². The molecule has 92 valence electrons. The lowest BCUT2D eigenvalue weighted by Gasteiger charge is -2.04. The highest BCUT2D eigenvalue weighted by Crippen LogP contribution is 2.20. The molecule has 5 nitrogen and oxygen atoms in total. The van der Waals surface area contributed by atoms with Crippen LogP contribution in [0.3, 0.4) is 0 Å². The molecule has 1 unspecified atom stereocenters. The summed E-state index contributed by atoms with van der Waals surface area (Å²) < 4.78 is 3.88. The van der Waals surface area contributed by atoms with Crippen molar-refractivity contribution in [2.24, 2.45) is 0 Å². The van der Waals surface area contributed by atoms with E-state index in [0.717, 1.165) is 24.4 Å². The van der Waals surface area contributed by atoms with Crippen molar-refractivity contribution in [3.05, 3.63) is 30.1 Å². The lowest BCUT2D eigenvalue weighted by molar-refractivity contribution is 0.602. The fourth-order valence-electron chi connectivity index (χ4n) is 1.67. The van der Waals surface area contributed by atoms with Crippen molar-refractivity contribution in [3.8, 4) is 0 Å². The first kappa shape index (κ1) is 12.1. The zero-order chi connectivity index (χ0) is 12.3. The lowest BCUT2D eigenvalue weighted by atomic mass is 10.3. The van der Waals surface area contributed by atoms with Crippen LogP contribution in [-0.2, 0) is 13.1 Å². The first-order valence-electron chi connectivity index (χ1n) is 5.77. The summed E-state index contributed by atoms with van der Waals surface area (Å²) in [6, 6.07) is 0. The Morgan fingerprint density at radius 2 is 2.24 bits per heavy atom. The molecule has 17 heavy (non-hydrogen) atoms. The molecule has 2 heterocycles.